The van der Waals surface area contributed by atoms with E-state index in [0.29, 0.717) is 0 Å². The zero-order chi connectivity index (χ0) is 17.7. The number of hydrogen-bond donors (Lipinski definition) is 0. The first-order chi connectivity index (χ1) is 12.9. The molecule has 2 unspecified atom stereocenters. The second-order valence-electron chi connectivity index (χ2n) is 11.0. The third kappa shape index (κ3) is 4.70. The van der Waals surface area contributed by atoms with E-state index in [0.717, 1.165) is 29.1 Å². The molecule has 0 bridgehead atoms. The summed E-state index contributed by atoms with van der Waals surface area (Å²) in [5.74, 6) is 4.44. The molecule has 26 heavy (non-hydrogen) atoms. The Kier molecular flexibility index (Phi) is 7.04. The van der Waals surface area contributed by atoms with Crippen molar-refractivity contribution in [3.05, 3.63) is 0 Å². The van der Waals surface area contributed by atoms with Gasteiger partial charge < -0.3 is 0 Å². The summed E-state index contributed by atoms with van der Waals surface area (Å²) in [6, 6.07) is 0. The Morgan fingerprint density at radius 1 is 0.500 bits per heavy atom. The molecule has 4 saturated carbocycles. The van der Waals surface area contributed by atoms with E-state index in [1.807, 2.05) is 0 Å². The summed E-state index contributed by atoms with van der Waals surface area (Å²) >= 11 is 0. The molecule has 150 valence electrons. The van der Waals surface area contributed by atoms with E-state index in [1.165, 1.54) is 38.5 Å². The van der Waals surface area contributed by atoms with E-state index >= 15 is 0 Å². The summed E-state index contributed by atoms with van der Waals surface area (Å²) in [6.45, 7) is 0. The Bertz CT molecular complexity index is 374. The third-order valence-corrected chi connectivity index (χ3v) is 9.50. The lowest BCUT2D eigenvalue weighted by Crippen LogP contribution is -2.41. The van der Waals surface area contributed by atoms with E-state index in [2.05, 4.69) is 0 Å². The van der Waals surface area contributed by atoms with Crippen molar-refractivity contribution in [2.75, 3.05) is 0 Å². The summed E-state index contributed by atoms with van der Waals surface area (Å²) in [6.07, 6.45) is 32.9. The Hall–Kier alpha value is 0. The summed E-state index contributed by atoms with van der Waals surface area (Å²) < 4.78 is 0. The van der Waals surface area contributed by atoms with Crippen molar-refractivity contribution in [2.45, 2.75) is 135 Å². The predicted molar refractivity (Wildman–Crippen MR) is 113 cm³/mol. The van der Waals surface area contributed by atoms with Crippen LogP contribution >= 0.6 is 0 Å². The summed E-state index contributed by atoms with van der Waals surface area (Å²) in [5, 5.41) is 0. The van der Waals surface area contributed by atoms with Crippen molar-refractivity contribution in [2.24, 2.45) is 29.1 Å². The molecular formula is C26H46. The molecule has 0 N–H and O–H groups in total. The van der Waals surface area contributed by atoms with Gasteiger partial charge in [-0.05, 0) is 67.6 Å². The smallest absolute Gasteiger partial charge is 0.0266 e. The van der Waals surface area contributed by atoms with E-state index in [1.54, 1.807) is 96.3 Å². The van der Waals surface area contributed by atoms with Gasteiger partial charge in [0, 0.05) is 0 Å². The first-order valence-electron chi connectivity index (χ1n) is 12.9. The van der Waals surface area contributed by atoms with Gasteiger partial charge in [-0.2, -0.15) is 0 Å². The number of fused-ring (bicyclic) bond motifs is 1. The maximum atomic E-state index is 1.62. The average molecular weight is 359 g/mol. The topological polar surface area (TPSA) is 0 Å². The quantitative estimate of drug-likeness (QED) is 0.445. The highest BCUT2D eigenvalue weighted by atomic mass is 14.5. The zero-order valence-corrected chi connectivity index (χ0v) is 17.7. The van der Waals surface area contributed by atoms with Gasteiger partial charge in [0.15, 0.2) is 0 Å². The molecule has 4 aliphatic rings. The van der Waals surface area contributed by atoms with Crippen LogP contribution < -0.4 is 0 Å². The normalized spacial score (nSPS) is 33.7. The van der Waals surface area contributed by atoms with E-state index in [-0.39, 0.29) is 0 Å². The fraction of sp³-hybridized carbons (Fsp3) is 1.00. The molecular weight excluding hydrogens is 312 g/mol. The van der Waals surface area contributed by atoms with Gasteiger partial charge in [0.2, 0.25) is 0 Å². The summed E-state index contributed by atoms with van der Waals surface area (Å²) in [4.78, 5) is 0. The molecule has 4 aliphatic carbocycles. The lowest BCUT2D eigenvalue weighted by Gasteiger charge is -2.52. The van der Waals surface area contributed by atoms with Crippen LogP contribution in [0.15, 0.2) is 0 Å². The highest BCUT2D eigenvalue weighted by molar-refractivity contribution is 4.96. The highest BCUT2D eigenvalue weighted by Crippen LogP contribution is 2.56. The third-order valence-electron chi connectivity index (χ3n) is 9.50. The van der Waals surface area contributed by atoms with Crippen LogP contribution in [0.3, 0.4) is 0 Å². The standard InChI is InChI=1S/C26H46/c1-3-10-22(11-4-1)17-20-26(21-18-23-12-5-2-6-13-23)19-9-15-24-14-7-8-16-25(24)26/h22-25H,1-21H2. The number of hydrogen-bond acceptors (Lipinski definition) is 0. The van der Waals surface area contributed by atoms with Crippen LogP contribution in [0.4, 0.5) is 0 Å². The molecule has 4 fully saturated rings. The Morgan fingerprint density at radius 3 is 1.62 bits per heavy atom. The molecule has 0 aliphatic heterocycles. The van der Waals surface area contributed by atoms with Gasteiger partial charge in [0.05, 0.1) is 0 Å². The Balaban J connectivity index is 1.42. The van der Waals surface area contributed by atoms with Crippen LogP contribution in [-0.2, 0) is 0 Å². The molecule has 0 saturated heterocycles. The monoisotopic (exact) mass is 358 g/mol. The van der Waals surface area contributed by atoms with Gasteiger partial charge in [-0.15, -0.1) is 0 Å². The van der Waals surface area contributed by atoms with Crippen LogP contribution in [0.1, 0.15) is 135 Å². The molecule has 4 rings (SSSR count). The summed E-state index contributed by atoms with van der Waals surface area (Å²) in [7, 11) is 0. The second kappa shape index (κ2) is 9.47. The van der Waals surface area contributed by atoms with Crippen molar-refractivity contribution >= 4 is 0 Å². The van der Waals surface area contributed by atoms with E-state index in [9.17, 15) is 0 Å². The summed E-state index contributed by atoms with van der Waals surface area (Å²) in [5.41, 5.74) is 0.776. The van der Waals surface area contributed by atoms with Crippen LogP contribution in [0, 0.1) is 29.1 Å². The van der Waals surface area contributed by atoms with Gasteiger partial charge in [0.1, 0.15) is 0 Å². The fourth-order valence-corrected chi connectivity index (χ4v) is 7.94. The van der Waals surface area contributed by atoms with Crippen LogP contribution in [0.5, 0.6) is 0 Å². The number of rotatable bonds is 6. The van der Waals surface area contributed by atoms with Crippen LogP contribution in [0.2, 0.25) is 0 Å². The fourth-order valence-electron chi connectivity index (χ4n) is 7.94. The molecule has 0 aromatic rings. The van der Waals surface area contributed by atoms with Crippen molar-refractivity contribution in [3.8, 4) is 0 Å². The van der Waals surface area contributed by atoms with Crippen LogP contribution in [0.25, 0.3) is 0 Å². The minimum Gasteiger partial charge on any atom is -0.0533 e. The Morgan fingerprint density at radius 2 is 1.00 bits per heavy atom. The molecule has 0 nitrogen and oxygen atoms in total. The minimum absolute atomic E-state index is 0.776. The average Bonchev–Trinajstić information content (AvgIpc) is 2.73. The first kappa shape index (κ1) is 19.3. The van der Waals surface area contributed by atoms with Gasteiger partial charge in [-0.3, -0.25) is 0 Å². The van der Waals surface area contributed by atoms with Gasteiger partial charge in [-0.1, -0.05) is 96.3 Å². The van der Waals surface area contributed by atoms with Gasteiger partial charge >= 0.3 is 0 Å². The van der Waals surface area contributed by atoms with Gasteiger partial charge in [0.25, 0.3) is 0 Å². The first-order valence-corrected chi connectivity index (χ1v) is 12.9. The maximum absolute atomic E-state index is 1.62. The van der Waals surface area contributed by atoms with Crippen molar-refractivity contribution in [1.29, 1.82) is 0 Å². The van der Waals surface area contributed by atoms with Gasteiger partial charge in [-0.25, -0.2) is 0 Å². The predicted octanol–water partition coefficient (Wildman–Crippen LogP) is 8.68. The second-order valence-corrected chi connectivity index (χ2v) is 11.0. The van der Waals surface area contributed by atoms with Crippen molar-refractivity contribution < 1.29 is 0 Å². The SMILES string of the molecule is C1CCC(CCC2(CCC3CCCCC3)CCCC3CCCCC32)CC1. The molecule has 0 spiro atoms. The molecule has 0 aromatic heterocycles. The zero-order valence-electron chi connectivity index (χ0n) is 17.7. The highest BCUT2D eigenvalue weighted by Gasteiger charge is 2.45. The van der Waals surface area contributed by atoms with E-state index < -0.39 is 0 Å². The lowest BCUT2D eigenvalue weighted by atomic mass is 9.53. The minimum atomic E-state index is 0.776. The van der Waals surface area contributed by atoms with Crippen LogP contribution in [-0.4, -0.2) is 0 Å². The lowest BCUT2D eigenvalue weighted by molar-refractivity contribution is -0.0137. The molecule has 0 aromatic carbocycles. The van der Waals surface area contributed by atoms with Crippen molar-refractivity contribution in [3.63, 3.8) is 0 Å². The molecule has 0 heteroatoms. The maximum Gasteiger partial charge on any atom is -0.0266 e. The van der Waals surface area contributed by atoms with E-state index in [4.69, 9.17) is 0 Å². The molecule has 0 radical (unpaired) electrons. The molecule has 2 atom stereocenters. The molecule has 0 heterocycles. The largest absolute Gasteiger partial charge is 0.0533 e. The van der Waals surface area contributed by atoms with Crippen molar-refractivity contribution in [1.82, 2.24) is 0 Å². The molecule has 0 amide bonds. The Labute approximate surface area is 164 Å².